The van der Waals surface area contributed by atoms with E-state index in [9.17, 15) is 4.39 Å². The molecule has 2 atom stereocenters. The van der Waals surface area contributed by atoms with Crippen LogP contribution in [0.15, 0.2) is 18.2 Å². The van der Waals surface area contributed by atoms with Gasteiger partial charge in [0.25, 0.3) is 0 Å². The first kappa shape index (κ1) is 12.3. The highest BCUT2D eigenvalue weighted by atomic mass is 19.1. The van der Waals surface area contributed by atoms with Crippen LogP contribution in [0.1, 0.15) is 18.0 Å². The predicted octanol–water partition coefficient (Wildman–Crippen LogP) is 1.79. The van der Waals surface area contributed by atoms with Gasteiger partial charge in [0.1, 0.15) is 0 Å². The van der Waals surface area contributed by atoms with E-state index in [1.807, 2.05) is 6.07 Å². The summed E-state index contributed by atoms with van der Waals surface area (Å²) in [5, 5.41) is 0. The summed E-state index contributed by atoms with van der Waals surface area (Å²) in [6.07, 6.45) is 1.07. The molecule has 17 heavy (non-hydrogen) atoms. The van der Waals surface area contributed by atoms with Crippen molar-refractivity contribution in [1.82, 2.24) is 4.90 Å². The SMILES string of the molecule is COc1ccc(C(N)C2CCN(C)C2)cc1F. The average Bonchev–Trinajstić information content (AvgIpc) is 2.75. The molecule has 1 aliphatic heterocycles. The quantitative estimate of drug-likeness (QED) is 0.872. The number of nitrogens with two attached hydrogens (primary N) is 1. The van der Waals surface area contributed by atoms with Gasteiger partial charge in [-0.05, 0) is 43.6 Å². The van der Waals surface area contributed by atoms with Gasteiger partial charge >= 0.3 is 0 Å². The highest BCUT2D eigenvalue weighted by Crippen LogP contribution is 2.29. The van der Waals surface area contributed by atoms with E-state index in [0.717, 1.165) is 25.1 Å². The van der Waals surface area contributed by atoms with Crippen LogP contribution in [-0.4, -0.2) is 32.1 Å². The van der Waals surface area contributed by atoms with Crippen molar-refractivity contribution in [2.45, 2.75) is 12.5 Å². The van der Waals surface area contributed by atoms with Crippen LogP contribution in [0.3, 0.4) is 0 Å². The zero-order valence-corrected chi connectivity index (χ0v) is 10.3. The Morgan fingerprint density at radius 1 is 1.53 bits per heavy atom. The minimum Gasteiger partial charge on any atom is -0.494 e. The van der Waals surface area contributed by atoms with E-state index >= 15 is 0 Å². The molecular formula is C13H19FN2O. The second kappa shape index (κ2) is 5.02. The summed E-state index contributed by atoms with van der Waals surface area (Å²) < 4.78 is 18.5. The normalized spacial score (nSPS) is 22.7. The molecule has 1 aliphatic rings. The molecule has 1 aromatic rings. The highest BCUT2D eigenvalue weighted by molar-refractivity contribution is 5.31. The number of likely N-dealkylation sites (tertiary alicyclic amines) is 1. The zero-order valence-electron chi connectivity index (χ0n) is 10.3. The van der Waals surface area contributed by atoms with E-state index in [0.29, 0.717) is 5.92 Å². The molecule has 2 N–H and O–H groups in total. The van der Waals surface area contributed by atoms with Crippen molar-refractivity contribution < 1.29 is 9.13 Å². The molecule has 1 heterocycles. The lowest BCUT2D eigenvalue weighted by molar-refractivity contribution is 0.369. The van der Waals surface area contributed by atoms with E-state index in [2.05, 4.69) is 11.9 Å². The van der Waals surface area contributed by atoms with Crippen LogP contribution in [0.2, 0.25) is 0 Å². The van der Waals surface area contributed by atoms with Crippen LogP contribution < -0.4 is 10.5 Å². The number of nitrogens with zero attached hydrogens (tertiary/aromatic N) is 1. The third-order valence-corrected chi connectivity index (χ3v) is 3.50. The number of benzene rings is 1. The highest BCUT2D eigenvalue weighted by Gasteiger charge is 2.26. The number of halogens is 1. The molecule has 0 spiro atoms. The number of hydrogen-bond acceptors (Lipinski definition) is 3. The van der Waals surface area contributed by atoms with E-state index < -0.39 is 0 Å². The van der Waals surface area contributed by atoms with Crippen molar-refractivity contribution >= 4 is 0 Å². The standard InChI is InChI=1S/C13H19FN2O/c1-16-6-5-10(8-16)13(15)9-3-4-12(17-2)11(14)7-9/h3-4,7,10,13H,5-6,8,15H2,1-2H3. The van der Waals surface area contributed by atoms with Gasteiger partial charge in [-0.15, -0.1) is 0 Å². The minimum absolute atomic E-state index is 0.0969. The maximum Gasteiger partial charge on any atom is 0.165 e. The number of hydrogen-bond donors (Lipinski definition) is 1. The van der Waals surface area contributed by atoms with Gasteiger partial charge in [-0.2, -0.15) is 0 Å². The Labute approximate surface area is 101 Å². The van der Waals surface area contributed by atoms with Gasteiger partial charge in [0, 0.05) is 12.6 Å². The first-order chi connectivity index (χ1) is 8.11. The lowest BCUT2D eigenvalue weighted by atomic mass is 9.93. The molecule has 1 fully saturated rings. The number of ether oxygens (including phenoxy) is 1. The fourth-order valence-corrected chi connectivity index (χ4v) is 2.42. The van der Waals surface area contributed by atoms with Gasteiger partial charge in [0.05, 0.1) is 7.11 Å². The molecule has 94 valence electrons. The molecule has 2 unspecified atom stereocenters. The summed E-state index contributed by atoms with van der Waals surface area (Å²) in [7, 11) is 3.55. The molecule has 0 bridgehead atoms. The van der Waals surface area contributed by atoms with Crippen LogP contribution in [0.25, 0.3) is 0 Å². The Bertz CT molecular complexity index is 397. The summed E-state index contributed by atoms with van der Waals surface area (Å²) in [4.78, 5) is 2.25. The van der Waals surface area contributed by atoms with E-state index in [1.54, 1.807) is 6.07 Å². The lowest BCUT2D eigenvalue weighted by Gasteiger charge is -2.20. The van der Waals surface area contributed by atoms with Crippen molar-refractivity contribution in [1.29, 1.82) is 0 Å². The van der Waals surface area contributed by atoms with E-state index in [1.165, 1.54) is 13.2 Å². The molecule has 0 aromatic heterocycles. The Kier molecular flexibility index (Phi) is 3.64. The molecule has 1 saturated heterocycles. The third-order valence-electron chi connectivity index (χ3n) is 3.50. The van der Waals surface area contributed by atoms with Crippen molar-refractivity contribution in [3.63, 3.8) is 0 Å². The van der Waals surface area contributed by atoms with Crippen LogP contribution in [-0.2, 0) is 0 Å². The van der Waals surface area contributed by atoms with Crippen LogP contribution >= 0.6 is 0 Å². The van der Waals surface area contributed by atoms with Crippen LogP contribution in [0.5, 0.6) is 5.75 Å². The molecule has 3 nitrogen and oxygen atoms in total. The zero-order chi connectivity index (χ0) is 12.4. The fourth-order valence-electron chi connectivity index (χ4n) is 2.42. The molecule has 2 rings (SSSR count). The van der Waals surface area contributed by atoms with E-state index in [4.69, 9.17) is 10.5 Å². The van der Waals surface area contributed by atoms with Crippen molar-refractivity contribution in [3.05, 3.63) is 29.6 Å². The molecule has 1 aromatic carbocycles. The summed E-state index contributed by atoms with van der Waals surface area (Å²) in [6.45, 7) is 2.05. The lowest BCUT2D eigenvalue weighted by Crippen LogP contribution is -2.24. The van der Waals surface area contributed by atoms with Gasteiger partial charge in [-0.25, -0.2) is 4.39 Å². The average molecular weight is 238 g/mol. The molecule has 0 amide bonds. The number of methoxy groups -OCH3 is 1. The van der Waals surface area contributed by atoms with Crippen molar-refractivity contribution in [2.24, 2.45) is 11.7 Å². The molecule has 0 aliphatic carbocycles. The molecule has 0 radical (unpaired) electrons. The van der Waals surface area contributed by atoms with Gasteiger partial charge < -0.3 is 15.4 Å². The second-order valence-electron chi connectivity index (χ2n) is 4.73. The molecule has 4 heteroatoms. The van der Waals surface area contributed by atoms with Crippen molar-refractivity contribution in [3.8, 4) is 5.75 Å². The van der Waals surface area contributed by atoms with Gasteiger partial charge in [-0.3, -0.25) is 0 Å². The Morgan fingerprint density at radius 3 is 2.82 bits per heavy atom. The van der Waals surface area contributed by atoms with Gasteiger partial charge in [0.15, 0.2) is 11.6 Å². The van der Waals surface area contributed by atoms with Gasteiger partial charge in [-0.1, -0.05) is 6.07 Å². The predicted molar refractivity (Wildman–Crippen MR) is 65.5 cm³/mol. The molecular weight excluding hydrogens is 219 g/mol. The van der Waals surface area contributed by atoms with E-state index in [-0.39, 0.29) is 17.6 Å². The third kappa shape index (κ3) is 2.58. The first-order valence-corrected chi connectivity index (χ1v) is 5.89. The minimum atomic E-state index is -0.341. The van der Waals surface area contributed by atoms with Crippen LogP contribution in [0.4, 0.5) is 4.39 Å². The topological polar surface area (TPSA) is 38.5 Å². The number of rotatable bonds is 3. The molecule has 0 saturated carbocycles. The monoisotopic (exact) mass is 238 g/mol. The first-order valence-electron chi connectivity index (χ1n) is 5.89. The second-order valence-corrected chi connectivity index (χ2v) is 4.73. The Morgan fingerprint density at radius 2 is 2.29 bits per heavy atom. The Hall–Kier alpha value is -1.13. The Balaban J connectivity index is 2.14. The summed E-state index contributed by atoms with van der Waals surface area (Å²) in [5.74, 6) is 0.337. The summed E-state index contributed by atoms with van der Waals surface area (Å²) >= 11 is 0. The smallest absolute Gasteiger partial charge is 0.165 e. The van der Waals surface area contributed by atoms with Gasteiger partial charge in [0.2, 0.25) is 0 Å². The summed E-state index contributed by atoms with van der Waals surface area (Å²) in [5.41, 5.74) is 7.04. The van der Waals surface area contributed by atoms with Crippen molar-refractivity contribution in [2.75, 3.05) is 27.2 Å². The fraction of sp³-hybridized carbons (Fsp3) is 0.538. The maximum absolute atomic E-state index is 13.6. The van der Waals surface area contributed by atoms with Crippen LogP contribution in [0, 0.1) is 11.7 Å². The largest absolute Gasteiger partial charge is 0.494 e. The maximum atomic E-state index is 13.6. The summed E-state index contributed by atoms with van der Waals surface area (Å²) in [6, 6.07) is 4.89.